The summed E-state index contributed by atoms with van der Waals surface area (Å²) in [6, 6.07) is 8.38. The molecule has 6 heteroatoms. The van der Waals surface area contributed by atoms with Crippen LogP contribution < -0.4 is 0 Å². The number of azo groups is 1. The molecule has 0 aromatic heterocycles. The molecule has 0 bridgehead atoms. The van der Waals surface area contributed by atoms with Crippen LogP contribution in [0.3, 0.4) is 0 Å². The first kappa shape index (κ1) is 17.5. The normalized spacial score (nSPS) is 18.4. The zero-order valence-corrected chi connectivity index (χ0v) is 14.1. The van der Waals surface area contributed by atoms with Gasteiger partial charge in [-0.1, -0.05) is 31.0 Å². The lowest BCUT2D eigenvalue weighted by atomic mass is 9.96. The summed E-state index contributed by atoms with van der Waals surface area (Å²) in [5, 5.41) is 17.5. The van der Waals surface area contributed by atoms with E-state index in [0.717, 1.165) is 16.9 Å². The molecule has 1 atom stereocenters. The molecule has 1 aromatic rings. The summed E-state index contributed by atoms with van der Waals surface area (Å²) >= 11 is 0. The first-order valence-electron chi connectivity index (χ1n) is 7.93. The van der Waals surface area contributed by atoms with Crippen molar-refractivity contribution in [2.75, 3.05) is 6.54 Å². The van der Waals surface area contributed by atoms with Gasteiger partial charge in [-0.2, -0.15) is 15.5 Å². The maximum atomic E-state index is 12.6. The van der Waals surface area contributed by atoms with E-state index >= 15 is 0 Å². The van der Waals surface area contributed by atoms with Crippen LogP contribution in [0.4, 0.5) is 5.69 Å². The van der Waals surface area contributed by atoms with Gasteiger partial charge in [-0.15, -0.1) is 0 Å². The molecule has 1 heterocycles. The highest BCUT2D eigenvalue weighted by atomic mass is 16.2. The van der Waals surface area contributed by atoms with Gasteiger partial charge in [0.2, 0.25) is 0 Å². The van der Waals surface area contributed by atoms with Gasteiger partial charge in [0.05, 0.1) is 5.69 Å². The van der Waals surface area contributed by atoms with Crippen LogP contribution in [-0.2, 0) is 9.59 Å². The van der Waals surface area contributed by atoms with Gasteiger partial charge in [-0.25, -0.2) is 0 Å². The van der Waals surface area contributed by atoms with Crippen molar-refractivity contribution in [2.24, 2.45) is 10.2 Å². The zero-order chi connectivity index (χ0) is 17.7. The summed E-state index contributed by atoms with van der Waals surface area (Å²) in [7, 11) is 0. The highest BCUT2D eigenvalue weighted by Gasteiger charge is 2.39. The smallest absolute Gasteiger partial charge is 0.271 e. The molecule has 124 valence electrons. The van der Waals surface area contributed by atoms with Crippen molar-refractivity contribution in [3.05, 3.63) is 41.0 Å². The molecule has 6 nitrogen and oxygen atoms in total. The second-order valence-electron chi connectivity index (χ2n) is 5.77. The van der Waals surface area contributed by atoms with Crippen LogP contribution in [0.5, 0.6) is 0 Å². The number of nitrogens with zero attached hydrogens (tertiary/aromatic N) is 4. The van der Waals surface area contributed by atoms with E-state index in [2.05, 4.69) is 10.2 Å². The van der Waals surface area contributed by atoms with Crippen LogP contribution in [0, 0.1) is 18.3 Å². The molecule has 1 aliphatic rings. The van der Waals surface area contributed by atoms with Gasteiger partial charge < -0.3 is 0 Å². The van der Waals surface area contributed by atoms with Crippen LogP contribution in [0.1, 0.15) is 32.3 Å². The molecule has 24 heavy (non-hydrogen) atoms. The average molecular weight is 324 g/mol. The molecule has 0 radical (unpaired) electrons. The highest BCUT2D eigenvalue weighted by Crippen LogP contribution is 2.25. The SMILES string of the molecule is CCCCN1C(=O)C(C#N)=C(C)C(/N=N/c2ccc(C)cc2)C1=O. The lowest BCUT2D eigenvalue weighted by Gasteiger charge is -2.28. The van der Waals surface area contributed by atoms with E-state index in [1.54, 1.807) is 19.1 Å². The first-order chi connectivity index (χ1) is 11.5. The maximum absolute atomic E-state index is 12.6. The van der Waals surface area contributed by atoms with E-state index in [0.29, 0.717) is 24.2 Å². The van der Waals surface area contributed by atoms with Crippen LogP contribution in [0.2, 0.25) is 0 Å². The Kier molecular flexibility index (Phi) is 5.59. The van der Waals surface area contributed by atoms with Crippen LogP contribution in [0.15, 0.2) is 45.6 Å². The summed E-state index contributed by atoms with van der Waals surface area (Å²) in [4.78, 5) is 26.0. The van der Waals surface area contributed by atoms with Crippen LogP contribution in [-0.4, -0.2) is 29.3 Å². The summed E-state index contributed by atoms with van der Waals surface area (Å²) in [5.41, 5.74) is 2.06. The van der Waals surface area contributed by atoms with Crippen molar-refractivity contribution in [3.8, 4) is 6.07 Å². The number of carbonyl (C=O) groups is 2. The Morgan fingerprint density at radius 3 is 2.46 bits per heavy atom. The largest absolute Gasteiger partial charge is 0.276 e. The Balaban J connectivity index is 2.34. The molecule has 0 fully saturated rings. The second-order valence-corrected chi connectivity index (χ2v) is 5.77. The van der Waals surface area contributed by atoms with Gasteiger partial charge in [0, 0.05) is 6.54 Å². The Labute approximate surface area is 141 Å². The van der Waals surface area contributed by atoms with Crippen LogP contribution >= 0.6 is 0 Å². The number of benzene rings is 1. The number of aryl methyl sites for hydroxylation is 1. The Morgan fingerprint density at radius 1 is 1.21 bits per heavy atom. The lowest BCUT2D eigenvalue weighted by Crippen LogP contribution is -2.48. The monoisotopic (exact) mass is 324 g/mol. The number of rotatable bonds is 5. The van der Waals surface area contributed by atoms with E-state index in [1.165, 1.54) is 0 Å². The number of unbranched alkanes of at least 4 members (excludes halogenated alkanes) is 1. The minimum absolute atomic E-state index is 0.0152. The predicted molar refractivity (Wildman–Crippen MR) is 89.4 cm³/mol. The molecule has 1 unspecified atom stereocenters. The molecule has 0 N–H and O–H groups in total. The van der Waals surface area contributed by atoms with Gasteiger partial charge in [-0.3, -0.25) is 14.5 Å². The first-order valence-corrected chi connectivity index (χ1v) is 7.93. The van der Waals surface area contributed by atoms with Gasteiger partial charge >= 0.3 is 0 Å². The molecule has 0 saturated carbocycles. The minimum atomic E-state index is -0.921. The van der Waals surface area contributed by atoms with Crippen molar-refractivity contribution in [2.45, 2.75) is 39.7 Å². The molecule has 1 aromatic carbocycles. The fourth-order valence-corrected chi connectivity index (χ4v) is 2.41. The van der Waals surface area contributed by atoms with E-state index < -0.39 is 17.9 Å². The molecule has 0 aliphatic carbocycles. The molecule has 2 rings (SSSR count). The van der Waals surface area contributed by atoms with E-state index in [4.69, 9.17) is 0 Å². The van der Waals surface area contributed by atoms with Crippen molar-refractivity contribution < 1.29 is 9.59 Å². The topological polar surface area (TPSA) is 85.9 Å². The minimum Gasteiger partial charge on any atom is -0.276 e. The van der Waals surface area contributed by atoms with Gasteiger partial charge in [0.15, 0.2) is 6.04 Å². The fraction of sp³-hybridized carbons (Fsp3) is 0.389. The molecule has 0 saturated heterocycles. The third kappa shape index (κ3) is 3.57. The average Bonchev–Trinajstić information content (AvgIpc) is 2.57. The standard InChI is InChI=1S/C18H20N4O2/c1-4-5-10-22-17(23)15(11-19)13(3)16(18(22)24)21-20-14-8-6-12(2)7-9-14/h6-9,16H,4-5,10H2,1-3H3/b21-20+. The number of nitriles is 1. The summed E-state index contributed by atoms with van der Waals surface area (Å²) in [6.07, 6.45) is 1.54. The van der Waals surface area contributed by atoms with Gasteiger partial charge in [0.25, 0.3) is 11.8 Å². The van der Waals surface area contributed by atoms with Gasteiger partial charge in [0.1, 0.15) is 11.6 Å². The number of carbonyl (C=O) groups excluding carboxylic acids is 2. The zero-order valence-electron chi connectivity index (χ0n) is 14.1. The molecule has 1 aliphatic heterocycles. The maximum Gasteiger partial charge on any atom is 0.271 e. The molecular weight excluding hydrogens is 304 g/mol. The molecular formula is C18H20N4O2. The Morgan fingerprint density at radius 2 is 1.88 bits per heavy atom. The number of amides is 2. The van der Waals surface area contributed by atoms with E-state index in [9.17, 15) is 14.9 Å². The lowest BCUT2D eigenvalue weighted by molar-refractivity contribution is -0.144. The van der Waals surface area contributed by atoms with Crippen molar-refractivity contribution in [3.63, 3.8) is 0 Å². The number of hydrogen-bond donors (Lipinski definition) is 0. The number of imide groups is 1. The quantitative estimate of drug-likeness (QED) is 0.614. The summed E-state index contributed by atoms with van der Waals surface area (Å²) < 4.78 is 0. The number of hydrogen-bond acceptors (Lipinski definition) is 5. The predicted octanol–water partition coefficient (Wildman–Crippen LogP) is 3.46. The van der Waals surface area contributed by atoms with Crippen molar-refractivity contribution in [1.82, 2.24) is 4.90 Å². The van der Waals surface area contributed by atoms with Crippen LogP contribution in [0.25, 0.3) is 0 Å². The Bertz CT molecular complexity index is 741. The molecule has 0 spiro atoms. The van der Waals surface area contributed by atoms with E-state index in [-0.39, 0.29) is 5.57 Å². The Hall–Kier alpha value is -2.81. The van der Waals surface area contributed by atoms with E-state index in [1.807, 2.05) is 32.0 Å². The van der Waals surface area contributed by atoms with Crippen molar-refractivity contribution in [1.29, 1.82) is 5.26 Å². The molecule has 2 amide bonds. The fourth-order valence-electron chi connectivity index (χ4n) is 2.41. The highest BCUT2D eigenvalue weighted by molar-refractivity contribution is 6.12. The third-order valence-corrected chi connectivity index (χ3v) is 3.93. The van der Waals surface area contributed by atoms with Gasteiger partial charge in [-0.05, 0) is 38.0 Å². The third-order valence-electron chi connectivity index (χ3n) is 3.93. The van der Waals surface area contributed by atoms with Crippen molar-refractivity contribution >= 4 is 17.5 Å². The summed E-state index contributed by atoms with van der Waals surface area (Å²) in [6.45, 7) is 5.82. The second kappa shape index (κ2) is 7.64. The summed E-state index contributed by atoms with van der Waals surface area (Å²) in [5.74, 6) is -0.948.